The molecule has 0 fully saturated rings. The summed E-state index contributed by atoms with van der Waals surface area (Å²) in [5.41, 5.74) is 4.93. The van der Waals surface area contributed by atoms with Gasteiger partial charge in [0.25, 0.3) is 0 Å². The maximum atomic E-state index is 4.44. The summed E-state index contributed by atoms with van der Waals surface area (Å²) in [5, 5.41) is 7.58. The van der Waals surface area contributed by atoms with E-state index in [1.165, 1.54) is 22.6 Å². The molecule has 1 N–H and O–H groups in total. The van der Waals surface area contributed by atoms with E-state index in [1.807, 2.05) is 17.9 Å². The molecule has 2 aromatic rings. The highest BCUT2D eigenvalue weighted by molar-refractivity contribution is 5.27. The van der Waals surface area contributed by atoms with Gasteiger partial charge < -0.3 is 5.32 Å². The Balaban J connectivity index is 1.79. The van der Waals surface area contributed by atoms with Gasteiger partial charge in [0.15, 0.2) is 0 Å². The summed E-state index contributed by atoms with van der Waals surface area (Å²) in [6, 6.07) is 2.06. The molecule has 2 aromatic heterocycles. The van der Waals surface area contributed by atoms with Crippen molar-refractivity contribution in [1.82, 2.24) is 25.1 Å². The van der Waals surface area contributed by atoms with E-state index in [0.29, 0.717) is 0 Å². The van der Waals surface area contributed by atoms with Crippen LogP contribution in [0.5, 0.6) is 0 Å². The van der Waals surface area contributed by atoms with Gasteiger partial charge in [-0.05, 0) is 18.9 Å². The average molecular weight is 243 g/mol. The van der Waals surface area contributed by atoms with E-state index in [0.717, 1.165) is 32.4 Å². The Kier molecular flexibility index (Phi) is 3.06. The summed E-state index contributed by atoms with van der Waals surface area (Å²) in [4.78, 5) is 8.81. The predicted molar refractivity (Wildman–Crippen MR) is 68.1 cm³/mol. The molecule has 94 valence electrons. The Bertz CT molecular complexity index is 546. The average Bonchev–Trinajstić information content (AvgIpc) is 2.82. The number of aromatic nitrogens is 4. The molecule has 0 spiro atoms. The number of fused-ring (bicyclic) bond motifs is 1. The van der Waals surface area contributed by atoms with Crippen LogP contribution in [0.2, 0.25) is 0 Å². The first-order valence-corrected chi connectivity index (χ1v) is 6.34. The maximum Gasteiger partial charge on any atom is 0.115 e. The second kappa shape index (κ2) is 4.86. The SMILES string of the molecule is Cn1nccc1CCc1ncnc2c1CNCC2. The zero-order valence-electron chi connectivity index (χ0n) is 10.6. The van der Waals surface area contributed by atoms with E-state index in [1.54, 1.807) is 6.33 Å². The molecule has 0 radical (unpaired) electrons. The summed E-state index contributed by atoms with van der Waals surface area (Å²) < 4.78 is 1.92. The Morgan fingerprint density at radius 1 is 1.33 bits per heavy atom. The minimum Gasteiger partial charge on any atom is -0.312 e. The van der Waals surface area contributed by atoms with Crippen molar-refractivity contribution in [3.63, 3.8) is 0 Å². The molecule has 0 aliphatic carbocycles. The summed E-state index contributed by atoms with van der Waals surface area (Å²) in [6.45, 7) is 1.92. The van der Waals surface area contributed by atoms with E-state index < -0.39 is 0 Å². The van der Waals surface area contributed by atoms with Crippen LogP contribution in [-0.2, 0) is 32.9 Å². The predicted octanol–water partition coefficient (Wildman–Crippen LogP) is 0.641. The number of rotatable bonds is 3. The fourth-order valence-electron chi connectivity index (χ4n) is 2.44. The number of hydrogen-bond acceptors (Lipinski definition) is 4. The van der Waals surface area contributed by atoms with Gasteiger partial charge in [-0.15, -0.1) is 0 Å². The Hall–Kier alpha value is -1.75. The molecule has 5 nitrogen and oxygen atoms in total. The first-order chi connectivity index (χ1) is 8.84. The van der Waals surface area contributed by atoms with Gasteiger partial charge in [0.2, 0.25) is 0 Å². The van der Waals surface area contributed by atoms with Crippen LogP contribution in [0.15, 0.2) is 18.6 Å². The van der Waals surface area contributed by atoms with E-state index >= 15 is 0 Å². The van der Waals surface area contributed by atoms with Crippen molar-refractivity contribution >= 4 is 0 Å². The monoisotopic (exact) mass is 243 g/mol. The Morgan fingerprint density at radius 2 is 2.28 bits per heavy atom. The van der Waals surface area contributed by atoms with Gasteiger partial charge in [-0.1, -0.05) is 0 Å². The highest BCUT2D eigenvalue weighted by atomic mass is 15.2. The first-order valence-electron chi connectivity index (χ1n) is 6.34. The lowest BCUT2D eigenvalue weighted by Crippen LogP contribution is -2.26. The molecular weight excluding hydrogens is 226 g/mol. The quantitative estimate of drug-likeness (QED) is 0.859. The van der Waals surface area contributed by atoms with Crippen LogP contribution < -0.4 is 5.32 Å². The van der Waals surface area contributed by atoms with Gasteiger partial charge >= 0.3 is 0 Å². The van der Waals surface area contributed by atoms with Gasteiger partial charge in [0.1, 0.15) is 6.33 Å². The van der Waals surface area contributed by atoms with Crippen LogP contribution in [0.25, 0.3) is 0 Å². The molecule has 0 saturated carbocycles. The molecule has 18 heavy (non-hydrogen) atoms. The fourth-order valence-corrected chi connectivity index (χ4v) is 2.44. The van der Waals surface area contributed by atoms with Crippen molar-refractivity contribution in [2.24, 2.45) is 7.05 Å². The third-order valence-electron chi connectivity index (χ3n) is 3.50. The van der Waals surface area contributed by atoms with Crippen LogP contribution in [0, 0.1) is 0 Å². The van der Waals surface area contributed by atoms with Crippen molar-refractivity contribution in [2.75, 3.05) is 6.54 Å². The highest BCUT2D eigenvalue weighted by Gasteiger charge is 2.14. The molecule has 3 rings (SSSR count). The topological polar surface area (TPSA) is 55.6 Å². The van der Waals surface area contributed by atoms with E-state index in [4.69, 9.17) is 0 Å². The fraction of sp³-hybridized carbons (Fsp3) is 0.462. The summed E-state index contributed by atoms with van der Waals surface area (Å²) in [7, 11) is 1.98. The van der Waals surface area contributed by atoms with Crippen LogP contribution in [-0.4, -0.2) is 26.3 Å². The third-order valence-corrected chi connectivity index (χ3v) is 3.50. The van der Waals surface area contributed by atoms with Crippen LogP contribution in [0.4, 0.5) is 0 Å². The van der Waals surface area contributed by atoms with Gasteiger partial charge in [-0.3, -0.25) is 4.68 Å². The Morgan fingerprint density at radius 3 is 3.11 bits per heavy atom. The lowest BCUT2D eigenvalue weighted by molar-refractivity contribution is 0.612. The number of nitrogens with zero attached hydrogens (tertiary/aromatic N) is 4. The summed E-state index contributed by atoms with van der Waals surface area (Å²) >= 11 is 0. The molecule has 0 aromatic carbocycles. The van der Waals surface area contributed by atoms with Crippen molar-refractivity contribution in [1.29, 1.82) is 0 Å². The van der Waals surface area contributed by atoms with Gasteiger partial charge in [-0.2, -0.15) is 5.10 Å². The van der Waals surface area contributed by atoms with Crippen LogP contribution in [0.3, 0.4) is 0 Å². The second-order valence-corrected chi connectivity index (χ2v) is 4.62. The lowest BCUT2D eigenvalue weighted by atomic mass is 10.0. The van der Waals surface area contributed by atoms with Gasteiger partial charge in [-0.25, -0.2) is 9.97 Å². The zero-order valence-corrected chi connectivity index (χ0v) is 10.6. The standard InChI is InChI=1S/C13H17N5/c1-18-10(4-7-17-18)2-3-12-11-8-14-6-5-13(11)16-9-15-12/h4,7,9,14H,2-3,5-6,8H2,1H3. The largest absolute Gasteiger partial charge is 0.312 e. The van der Waals surface area contributed by atoms with Crippen LogP contribution >= 0.6 is 0 Å². The van der Waals surface area contributed by atoms with Crippen molar-refractivity contribution in [3.05, 3.63) is 41.2 Å². The van der Waals surface area contributed by atoms with Crippen molar-refractivity contribution < 1.29 is 0 Å². The second-order valence-electron chi connectivity index (χ2n) is 4.62. The molecule has 0 bridgehead atoms. The highest BCUT2D eigenvalue weighted by Crippen LogP contribution is 2.15. The zero-order chi connectivity index (χ0) is 12.4. The third kappa shape index (κ3) is 2.13. The summed E-state index contributed by atoms with van der Waals surface area (Å²) in [6.07, 6.45) is 6.47. The minimum atomic E-state index is 0.900. The maximum absolute atomic E-state index is 4.44. The summed E-state index contributed by atoms with van der Waals surface area (Å²) in [5.74, 6) is 0. The molecular formula is C13H17N5. The molecule has 0 unspecified atom stereocenters. The van der Waals surface area contributed by atoms with Gasteiger partial charge in [0.05, 0.1) is 0 Å². The van der Waals surface area contributed by atoms with Crippen LogP contribution in [0.1, 0.15) is 22.6 Å². The molecule has 5 heteroatoms. The molecule has 0 saturated heterocycles. The van der Waals surface area contributed by atoms with E-state index in [2.05, 4.69) is 26.4 Å². The molecule has 0 atom stereocenters. The molecule has 0 amide bonds. The Labute approximate surface area is 106 Å². The molecule has 1 aliphatic heterocycles. The molecule has 1 aliphatic rings. The van der Waals surface area contributed by atoms with E-state index in [-0.39, 0.29) is 0 Å². The van der Waals surface area contributed by atoms with E-state index in [9.17, 15) is 0 Å². The number of aryl methyl sites for hydroxylation is 3. The number of hydrogen-bond donors (Lipinski definition) is 1. The smallest absolute Gasteiger partial charge is 0.115 e. The first kappa shape index (κ1) is 11.3. The van der Waals surface area contributed by atoms with Crippen molar-refractivity contribution in [2.45, 2.75) is 25.8 Å². The minimum absolute atomic E-state index is 0.900. The normalized spacial score (nSPS) is 14.5. The number of nitrogens with one attached hydrogen (secondary N) is 1. The lowest BCUT2D eigenvalue weighted by Gasteiger charge is -2.18. The van der Waals surface area contributed by atoms with Gasteiger partial charge in [0, 0.05) is 55.4 Å². The van der Waals surface area contributed by atoms with Crippen molar-refractivity contribution in [3.8, 4) is 0 Å². The molecule has 3 heterocycles.